The van der Waals surface area contributed by atoms with Crippen LogP contribution in [0.25, 0.3) is 0 Å². The van der Waals surface area contributed by atoms with Crippen LogP contribution in [0.15, 0.2) is 48.5 Å². The highest BCUT2D eigenvalue weighted by Crippen LogP contribution is 2.36. The zero-order chi connectivity index (χ0) is 19.4. The van der Waals surface area contributed by atoms with Crippen LogP contribution in [0, 0.1) is 16.0 Å². The first kappa shape index (κ1) is 18.4. The monoisotopic (exact) mass is 370 g/mol. The molecule has 0 bridgehead atoms. The molecule has 0 saturated carbocycles. The number of amides is 1. The summed E-state index contributed by atoms with van der Waals surface area (Å²) in [7, 11) is 0. The maximum absolute atomic E-state index is 12.4. The fraction of sp³-hybridized carbons (Fsp3) is 0.263. The molecule has 1 aliphatic rings. The third kappa shape index (κ3) is 4.22. The molecule has 8 heteroatoms. The minimum Gasteiger partial charge on any atom is -0.489 e. The number of carboxylic acid groups (broad SMARTS) is 1. The number of aliphatic carboxylic acids is 1. The normalized spacial score (nSPS) is 16.4. The number of anilines is 1. The summed E-state index contributed by atoms with van der Waals surface area (Å²) in [5, 5.41) is 20.4. The number of hydrogen-bond acceptors (Lipinski definition) is 5. The number of nitro groups is 1. The van der Waals surface area contributed by atoms with Crippen LogP contribution >= 0.6 is 0 Å². The molecule has 1 saturated heterocycles. The third-order valence-corrected chi connectivity index (χ3v) is 4.42. The van der Waals surface area contributed by atoms with Crippen LogP contribution in [0.4, 0.5) is 11.4 Å². The summed E-state index contributed by atoms with van der Waals surface area (Å²) in [4.78, 5) is 35.5. The van der Waals surface area contributed by atoms with Crippen molar-refractivity contribution in [3.8, 4) is 5.75 Å². The van der Waals surface area contributed by atoms with Crippen LogP contribution in [-0.4, -0.2) is 28.5 Å². The van der Waals surface area contributed by atoms with Gasteiger partial charge in [0.1, 0.15) is 18.0 Å². The van der Waals surface area contributed by atoms with Gasteiger partial charge in [0, 0.05) is 6.54 Å². The molecule has 1 fully saturated rings. The van der Waals surface area contributed by atoms with Gasteiger partial charge in [-0.2, -0.15) is 0 Å². The smallest absolute Gasteiger partial charge is 0.304 e. The lowest BCUT2D eigenvalue weighted by atomic mass is 10.0. The molecular formula is C19H18N2O6. The Bertz CT molecular complexity index is 868. The van der Waals surface area contributed by atoms with E-state index >= 15 is 0 Å². The van der Waals surface area contributed by atoms with Gasteiger partial charge in [0.25, 0.3) is 5.69 Å². The van der Waals surface area contributed by atoms with Crippen molar-refractivity contribution in [1.29, 1.82) is 0 Å². The molecule has 1 aliphatic heterocycles. The van der Waals surface area contributed by atoms with E-state index < -0.39 is 22.7 Å². The van der Waals surface area contributed by atoms with Gasteiger partial charge in [-0.1, -0.05) is 30.3 Å². The number of nitrogens with zero attached hydrogens (tertiary/aromatic N) is 2. The molecule has 27 heavy (non-hydrogen) atoms. The molecule has 2 aromatic rings. The lowest BCUT2D eigenvalue weighted by Crippen LogP contribution is -2.28. The summed E-state index contributed by atoms with van der Waals surface area (Å²) < 4.78 is 5.62. The van der Waals surface area contributed by atoms with E-state index in [2.05, 4.69) is 0 Å². The molecule has 1 unspecified atom stereocenters. The Kier molecular flexibility index (Phi) is 5.35. The van der Waals surface area contributed by atoms with Crippen LogP contribution in [0.2, 0.25) is 0 Å². The second kappa shape index (κ2) is 7.86. The van der Waals surface area contributed by atoms with Crippen LogP contribution < -0.4 is 9.64 Å². The van der Waals surface area contributed by atoms with Gasteiger partial charge in [0.05, 0.1) is 23.3 Å². The highest BCUT2D eigenvalue weighted by Gasteiger charge is 2.36. The summed E-state index contributed by atoms with van der Waals surface area (Å²) >= 11 is 0. The first-order valence-electron chi connectivity index (χ1n) is 8.44. The van der Waals surface area contributed by atoms with E-state index in [4.69, 9.17) is 9.84 Å². The lowest BCUT2D eigenvalue weighted by molar-refractivity contribution is -0.384. The highest BCUT2D eigenvalue weighted by molar-refractivity contribution is 6.00. The number of ether oxygens (including phenoxy) is 1. The van der Waals surface area contributed by atoms with Gasteiger partial charge < -0.3 is 14.7 Å². The minimum absolute atomic E-state index is 0.157. The Morgan fingerprint density at radius 3 is 2.67 bits per heavy atom. The quantitative estimate of drug-likeness (QED) is 0.593. The van der Waals surface area contributed by atoms with E-state index in [1.165, 1.54) is 17.0 Å². The van der Waals surface area contributed by atoms with Crippen molar-refractivity contribution in [3.05, 3.63) is 64.2 Å². The molecule has 8 nitrogen and oxygen atoms in total. The molecule has 1 atom stereocenters. The second-order valence-electron chi connectivity index (χ2n) is 6.26. The largest absolute Gasteiger partial charge is 0.489 e. The van der Waals surface area contributed by atoms with Crippen molar-refractivity contribution in [2.45, 2.75) is 19.4 Å². The van der Waals surface area contributed by atoms with Gasteiger partial charge in [0.2, 0.25) is 5.91 Å². The molecule has 2 aromatic carbocycles. The van der Waals surface area contributed by atoms with Gasteiger partial charge in [-0.25, -0.2) is 0 Å². The number of benzene rings is 2. The van der Waals surface area contributed by atoms with E-state index in [9.17, 15) is 19.7 Å². The summed E-state index contributed by atoms with van der Waals surface area (Å²) in [6.07, 6.45) is 0.0793. The Balaban J connectivity index is 1.79. The highest BCUT2D eigenvalue weighted by atomic mass is 16.6. The van der Waals surface area contributed by atoms with E-state index in [1.807, 2.05) is 30.3 Å². The van der Waals surface area contributed by atoms with Gasteiger partial charge >= 0.3 is 5.97 Å². The lowest BCUT2D eigenvalue weighted by Gasteiger charge is -2.17. The molecule has 0 aliphatic carbocycles. The van der Waals surface area contributed by atoms with Crippen LogP contribution in [0.5, 0.6) is 5.75 Å². The summed E-state index contributed by atoms with van der Waals surface area (Å²) in [5.74, 6) is -1.80. The van der Waals surface area contributed by atoms with Gasteiger partial charge in [-0.05, 0) is 24.1 Å². The van der Waals surface area contributed by atoms with Crippen molar-refractivity contribution in [3.63, 3.8) is 0 Å². The summed E-state index contributed by atoms with van der Waals surface area (Å²) in [6, 6.07) is 13.7. The Morgan fingerprint density at radius 2 is 2.00 bits per heavy atom. The molecule has 1 heterocycles. The molecule has 0 radical (unpaired) electrons. The van der Waals surface area contributed by atoms with Gasteiger partial charge in [0.15, 0.2) is 0 Å². The van der Waals surface area contributed by atoms with Crippen molar-refractivity contribution < 1.29 is 24.4 Å². The fourth-order valence-corrected chi connectivity index (χ4v) is 3.09. The van der Waals surface area contributed by atoms with Gasteiger partial charge in [-0.3, -0.25) is 19.7 Å². The zero-order valence-corrected chi connectivity index (χ0v) is 14.4. The predicted molar refractivity (Wildman–Crippen MR) is 96.6 cm³/mol. The second-order valence-corrected chi connectivity index (χ2v) is 6.26. The Labute approximate surface area is 155 Å². The van der Waals surface area contributed by atoms with Gasteiger partial charge in [-0.15, -0.1) is 0 Å². The van der Waals surface area contributed by atoms with E-state index in [0.29, 0.717) is 12.2 Å². The number of carbonyl (C=O) groups excluding carboxylic acids is 1. The average molecular weight is 370 g/mol. The number of hydrogen-bond donors (Lipinski definition) is 1. The SMILES string of the molecule is O=C(O)CC1CCN(c2ccc(OCc3ccccc3)cc2[N+](=O)[O-])C1=O. The van der Waals surface area contributed by atoms with Crippen molar-refractivity contribution in [2.24, 2.45) is 5.92 Å². The Morgan fingerprint density at radius 1 is 1.26 bits per heavy atom. The van der Waals surface area contributed by atoms with E-state index in [1.54, 1.807) is 6.07 Å². The van der Waals surface area contributed by atoms with Crippen molar-refractivity contribution in [2.75, 3.05) is 11.4 Å². The van der Waals surface area contributed by atoms with Crippen molar-refractivity contribution in [1.82, 2.24) is 0 Å². The average Bonchev–Trinajstić information content (AvgIpc) is 3.00. The molecule has 1 amide bonds. The number of carbonyl (C=O) groups is 2. The maximum atomic E-state index is 12.4. The van der Waals surface area contributed by atoms with E-state index in [-0.39, 0.29) is 30.9 Å². The van der Waals surface area contributed by atoms with Crippen LogP contribution in [-0.2, 0) is 16.2 Å². The predicted octanol–water partition coefficient (Wildman–Crippen LogP) is 3.00. The molecule has 140 valence electrons. The number of carboxylic acids is 1. The molecular weight excluding hydrogens is 352 g/mol. The zero-order valence-electron chi connectivity index (χ0n) is 14.4. The summed E-state index contributed by atoms with van der Waals surface area (Å²) in [6.45, 7) is 0.516. The number of nitro benzene ring substituents is 1. The fourth-order valence-electron chi connectivity index (χ4n) is 3.09. The first-order chi connectivity index (χ1) is 13.0. The molecule has 0 aromatic heterocycles. The Hall–Kier alpha value is -3.42. The molecule has 3 rings (SSSR count). The third-order valence-electron chi connectivity index (χ3n) is 4.42. The first-order valence-corrected chi connectivity index (χ1v) is 8.44. The van der Waals surface area contributed by atoms with Crippen molar-refractivity contribution >= 4 is 23.3 Å². The summed E-state index contributed by atoms with van der Waals surface area (Å²) in [5.41, 5.74) is 0.838. The minimum atomic E-state index is -1.06. The number of rotatable bonds is 7. The van der Waals surface area contributed by atoms with E-state index in [0.717, 1.165) is 5.56 Å². The molecule has 0 spiro atoms. The maximum Gasteiger partial charge on any atom is 0.304 e. The topological polar surface area (TPSA) is 110 Å². The van der Waals surface area contributed by atoms with Crippen LogP contribution in [0.3, 0.4) is 0 Å². The standard InChI is InChI=1S/C19H18N2O6/c22-18(23)10-14-8-9-20(19(14)24)16-7-6-15(11-17(16)21(25)26)27-12-13-4-2-1-3-5-13/h1-7,11,14H,8-10,12H2,(H,22,23). The molecule has 1 N–H and O–H groups in total. The van der Waals surface area contributed by atoms with Crippen LogP contribution in [0.1, 0.15) is 18.4 Å².